The molecule has 2 nitrogen and oxygen atoms in total. The minimum Gasteiger partial charge on any atom is -0.350 e. The van der Waals surface area contributed by atoms with Crippen molar-refractivity contribution in [3.63, 3.8) is 0 Å². The third kappa shape index (κ3) is 4.11. The first-order valence-electron chi connectivity index (χ1n) is 5.21. The molecule has 0 bridgehead atoms. The fraction of sp³-hybridized carbons (Fsp3) is 0.727. The molecule has 0 atom stereocenters. The van der Waals surface area contributed by atoms with E-state index < -0.39 is 0 Å². The van der Waals surface area contributed by atoms with E-state index in [1.807, 2.05) is 13.0 Å². The van der Waals surface area contributed by atoms with E-state index in [0.717, 1.165) is 24.8 Å². The molecule has 1 N–H and O–H groups in total. The largest absolute Gasteiger partial charge is 0.350 e. The SMILES string of the molecule is CCCCC=C(C)C(=O)NC1CC1. The molecular weight excluding hydrogens is 162 g/mol. The number of allylic oxidation sites excluding steroid dienone is 1. The van der Waals surface area contributed by atoms with Gasteiger partial charge in [0.2, 0.25) is 5.91 Å². The summed E-state index contributed by atoms with van der Waals surface area (Å²) >= 11 is 0. The van der Waals surface area contributed by atoms with Gasteiger partial charge in [0.1, 0.15) is 0 Å². The first-order valence-corrected chi connectivity index (χ1v) is 5.21. The smallest absolute Gasteiger partial charge is 0.246 e. The van der Waals surface area contributed by atoms with Crippen LogP contribution in [-0.4, -0.2) is 11.9 Å². The summed E-state index contributed by atoms with van der Waals surface area (Å²) in [5.41, 5.74) is 0.875. The second kappa shape index (κ2) is 5.05. The minimum atomic E-state index is 0.124. The molecule has 1 aliphatic rings. The maximum absolute atomic E-state index is 11.4. The topological polar surface area (TPSA) is 29.1 Å². The van der Waals surface area contributed by atoms with Crippen molar-refractivity contribution in [1.29, 1.82) is 0 Å². The van der Waals surface area contributed by atoms with Crippen molar-refractivity contribution in [3.8, 4) is 0 Å². The third-order valence-corrected chi connectivity index (χ3v) is 2.28. The summed E-state index contributed by atoms with van der Waals surface area (Å²) in [6.07, 6.45) is 7.76. The van der Waals surface area contributed by atoms with Crippen molar-refractivity contribution < 1.29 is 4.79 Å². The van der Waals surface area contributed by atoms with Crippen LogP contribution in [0.5, 0.6) is 0 Å². The zero-order valence-corrected chi connectivity index (χ0v) is 8.60. The van der Waals surface area contributed by atoms with E-state index in [-0.39, 0.29) is 5.91 Å². The number of hydrogen-bond donors (Lipinski definition) is 1. The summed E-state index contributed by atoms with van der Waals surface area (Å²) in [5, 5.41) is 2.97. The minimum absolute atomic E-state index is 0.124. The van der Waals surface area contributed by atoms with Gasteiger partial charge >= 0.3 is 0 Å². The Kier molecular flexibility index (Phi) is 4.00. The average Bonchev–Trinajstić information content (AvgIpc) is 2.88. The molecule has 13 heavy (non-hydrogen) atoms. The number of amides is 1. The molecule has 0 aliphatic heterocycles. The Bertz CT molecular complexity index is 204. The van der Waals surface area contributed by atoms with Gasteiger partial charge in [0.15, 0.2) is 0 Å². The molecule has 0 unspecified atom stereocenters. The zero-order chi connectivity index (χ0) is 9.68. The molecule has 0 radical (unpaired) electrons. The lowest BCUT2D eigenvalue weighted by Crippen LogP contribution is -2.25. The van der Waals surface area contributed by atoms with Gasteiger partial charge in [-0.25, -0.2) is 0 Å². The molecule has 74 valence electrons. The number of carbonyl (C=O) groups excluding carboxylic acids is 1. The third-order valence-electron chi connectivity index (χ3n) is 2.28. The predicted molar refractivity (Wildman–Crippen MR) is 54.4 cm³/mol. The van der Waals surface area contributed by atoms with Gasteiger partial charge in [-0.05, 0) is 26.2 Å². The number of unbranched alkanes of at least 4 members (excludes halogenated alkanes) is 2. The summed E-state index contributed by atoms with van der Waals surface area (Å²) in [5.74, 6) is 0.124. The summed E-state index contributed by atoms with van der Waals surface area (Å²) in [6, 6.07) is 0.474. The molecule has 0 aromatic carbocycles. The molecule has 1 aliphatic carbocycles. The lowest BCUT2D eigenvalue weighted by Gasteiger charge is -2.02. The van der Waals surface area contributed by atoms with E-state index in [1.54, 1.807) is 0 Å². The van der Waals surface area contributed by atoms with Gasteiger partial charge < -0.3 is 5.32 Å². The first kappa shape index (κ1) is 10.3. The molecule has 1 fully saturated rings. The van der Waals surface area contributed by atoms with Crippen molar-refractivity contribution in [3.05, 3.63) is 11.6 Å². The summed E-state index contributed by atoms with van der Waals surface area (Å²) in [7, 11) is 0. The van der Waals surface area contributed by atoms with Crippen molar-refractivity contribution in [1.82, 2.24) is 5.32 Å². The van der Waals surface area contributed by atoms with Crippen LogP contribution in [0.15, 0.2) is 11.6 Å². The van der Waals surface area contributed by atoms with Crippen LogP contribution in [0.1, 0.15) is 46.0 Å². The van der Waals surface area contributed by atoms with Gasteiger partial charge in [0.05, 0.1) is 0 Å². The molecular formula is C11H19NO. The van der Waals surface area contributed by atoms with E-state index in [1.165, 1.54) is 12.8 Å². The fourth-order valence-corrected chi connectivity index (χ4v) is 1.14. The van der Waals surface area contributed by atoms with Crippen LogP contribution in [0, 0.1) is 0 Å². The van der Waals surface area contributed by atoms with Gasteiger partial charge in [0, 0.05) is 11.6 Å². The van der Waals surface area contributed by atoms with Crippen molar-refractivity contribution in [2.24, 2.45) is 0 Å². The normalized spacial score (nSPS) is 17.2. The number of carbonyl (C=O) groups is 1. The summed E-state index contributed by atoms with van der Waals surface area (Å²) < 4.78 is 0. The second-order valence-electron chi connectivity index (χ2n) is 3.78. The Morgan fingerprint density at radius 1 is 1.54 bits per heavy atom. The van der Waals surface area contributed by atoms with Gasteiger partial charge in [0.25, 0.3) is 0 Å². The van der Waals surface area contributed by atoms with Crippen molar-refractivity contribution in [2.75, 3.05) is 0 Å². The van der Waals surface area contributed by atoms with Gasteiger partial charge in [-0.15, -0.1) is 0 Å². The molecule has 0 aromatic heterocycles. The Morgan fingerprint density at radius 3 is 2.77 bits per heavy atom. The molecule has 1 amide bonds. The Hall–Kier alpha value is -0.790. The van der Waals surface area contributed by atoms with Crippen LogP contribution in [0.2, 0.25) is 0 Å². The van der Waals surface area contributed by atoms with E-state index in [2.05, 4.69) is 12.2 Å². The second-order valence-corrected chi connectivity index (χ2v) is 3.78. The van der Waals surface area contributed by atoms with E-state index in [0.29, 0.717) is 6.04 Å². The standard InChI is InChI=1S/C11H19NO/c1-3-4-5-6-9(2)11(13)12-10-7-8-10/h6,10H,3-5,7-8H2,1-2H3,(H,12,13). The highest BCUT2D eigenvalue weighted by atomic mass is 16.1. The maximum Gasteiger partial charge on any atom is 0.246 e. The van der Waals surface area contributed by atoms with E-state index in [9.17, 15) is 4.79 Å². The number of nitrogens with one attached hydrogen (secondary N) is 1. The lowest BCUT2D eigenvalue weighted by atomic mass is 10.2. The Labute approximate surface area is 80.4 Å². The van der Waals surface area contributed by atoms with E-state index >= 15 is 0 Å². The van der Waals surface area contributed by atoms with Crippen LogP contribution in [-0.2, 0) is 4.79 Å². The molecule has 2 heteroatoms. The molecule has 1 saturated carbocycles. The highest BCUT2D eigenvalue weighted by Gasteiger charge is 2.23. The van der Waals surface area contributed by atoms with Crippen LogP contribution in [0.3, 0.4) is 0 Å². The van der Waals surface area contributed by atoms with Gasteiger partial charge in [-0.3, -0.25) is 4.79 Å². The Balaban J connectivity index is 2.22. The van der Waals surface area contributed by atoms with E-state index in [4.69, 9.17) is 0 Å². The molecule has 1 rings (SSSR count). The van der Waals surface area contributed by atoms with Crippen LogP contribution in [0.4, 0.5) is 0 Å². The average molecular weight is 181 g/mol. The molecule has 0 aromatic rings. The zero-order valence-electron chi connectivity index (χ0n) is 8.60. The van der Waals surface area contributed by atoms with Crippen LogP contribution >= 0.6 is 0 Å². The van der Waals surface area contributed by atoms with Crippen LogP contribution < -0.4 is 5.32 Å². The highest BCUT2D eigenvalue weighted by molar-refractivity contribution is 5.93. The number of hydrogen-bond acceptors (Lipinski definition) is 1. The van der Waals surface area contributed by atoms with Crippen LogP contribution in [0.25, 0.3) is 0 Å². The summed E-state index contributed by atoms with van der Waals surface area (Å²) in [4.78, 5) is 11.4. The number of rotatable bonds is 5. The molecule has 0 saturated heterocycles. The predicted octanol–water partition coefficient (Wildman–Crippen LogP) is 2.40. The monoisotopic (exact) mass is 181 g/mol. The lowest BCUT2D eigenvalue weighted by molar-refractivity contribution is -0.117. The summed E-state index contributed by atoms with van der Waals surface area (Å²) in [6.45, 7) is 4.06. The fourth-order valence-electron chi connectivity index (χ4n) is 1.14. The molecule has 0 heterocycles. The highest BCUT2D eigenvalue weighted by Crippen LogP contribution is 2.19. The first-order chi connectivity index (χ1) is 6.24. The Morgan fingerprint density at radius 2 is 2.23 bits per heavy atom. The van der Waals surface area contributed by atoms with Crippen molar-refractivity contribution >= 4 is 5.91 Å². The van der Waals surface area contributed by atoms with Gasteiger partial charge in [-0.1, -0.05) is 25.8 Å². The quantitative estimate of drug-likeness (QED) is 0.512. The van der Waals surface area contributed by atoms with Gasteiger partial charge in [-0.2, -0.15) is 0 Å². The molecule has 0 spiro atoms. The van der Waals surface area contributed by atoms with Crippen molar-refractivity contribution in [2.45, 2.75) is 52.0 Å². The maximum atomic E-state index is 11.4.